The van der Waals surface area contributed by atoms with Crippen LogP contribution in [0.4, 0.5) is 5.00 Å². The number of carboxylic acids is 1. The predicted octanol–water partition coefficient (Wildman–Crippen LogP) is 2.30. The average Bonchev–Trinajstić information content (AvgIpc) is 2.74. The molecule has 19 heavy (non-hydrogen) atoms. The predicted molar refractivity (Wildman–Crippen MR) is 71.7 cm³/mol. The van der Waals surface area contributed by atoms with Gasteiger partial charge in [-0.3, -0.25) is 9.59 Å². The Morgan fingerprint density at radius 1 is 1.58 bits per heavy atom. The second-order valence-corrected chi connectivity index (χ2v) is 5.59. The highest BCUT2D eigenvalue weighted by Gasteiger charge is 2.32. The molecule has 0 bridgehead atoms. The third-order valence-electron chi connectivity index (χ3n) is 3.05. The number of rotatable bonds is 3. The SMILES string of the molecule is N#Cc1c(NC(=O)CCl)sc2c1C(C(=O)O)CCC2. The first kappa shape index (κ1) is 13.8. The van der Waals surface area contributed by atoms with Crippen LogP contribution in [0.5, 0.6) is 0 Å². The molecule has 0 radical (unpaired) electrons. The maximum absolute atomic E-state index is 11.3. The van der Waals surface area contributed by atoms with Gasteiger partial charge in [0.25, 0.3) is 0 Å². The number of amides is 1. The van der Waals surface area contributed by atoms with Gasteiger partial charge in [-0.05, 0) is 19.3 Å². The van der Waals surface area contributed by atoms with E-state index in [-0.39, 0.29) is 11.4 Å². The van der Waals surface area contributed by atoms with Crippen LogP contribution < -0.4 is 5.32 Å². The Kier molecular flexibility index (Phi) is 4.08. The van der Waals surface area contributed by atoms with E-state index in [9.17, 15) is 20.0 Å². The Bertz CT molecular complexity index is 576. The molecule has 7 heteroatoms. The quantitative estimate of drug-likeness (QED) is 0.838. The molecular weight excluding hydrogens is 288 g/mol. The number of nitriles is 1. The smallest absolute Gasteiger partial charge is 0.311 e. The minimum Gasteiger partial charge on any atom is -0.481 e. The Morgan fingerprint density at radius 3 is 2.89 bits per heavy atom. The van der Waals surface area contributed by atoms with Crippen LogP contribution in [0.2, 0.25) is 0 Å². The number of nitrogens with zero attached hydrogens (tertiary/aromatic N) is 1. The lowest BCUT2D eigenvalue weighted by Gasteiger charge is -2.18. The number of thiophene rings is 1. The summed E-state index contributed by atoms with van der Waals surface area (Å²) in [6.07, 6.45) is 2.05. The zero-order valence-electron chi connectivity index (χ0n) is 9.90. The second-order valence-electron chi connectivity index (χ2n) is 4.22. The van der Waals surface area contributed by atoms with E-state index in [2.05, 4.69) is 5.32 Å². The van der Waals surface area contributed by atoms with E-state index in [1.807, 2.05) is 6.07 Å². The van der Waals surface area contributed by atoms with E-state index in [0.717, 1.165) is 17.7 Å². The van der Waals surface area contributed by atoms with Crippen molar-refractivity contribution >= 4 is 39.8 Å². The van der Waals surface area contributed by atoms with Gasteiger partial charge < -0.3 is 10.4 Å². The molecule has 1 aromatic heterocycles. The monoisotopic (exact) mass is 298 g/mol. The van der Waals surface area contributed by atoms with Crippen molar-refractivity contribution in [2.45, 2.75) is 25.2 Å². The molecule has 1 aliphatic carbocycles. The molecular formula is C12H11ClN2O3S. The molecule has 1 amide bonds. The molecule has 0 aromatic carbocycles. The van der Waals surface area contributed by atoms with Crippen molar-refractivity contribution < 1.29 is 14.7 Å². The number of alkyl halides is 1. The molecule has 1 atom stereocenters. The molecule has 0 saturated carbocycles. The van der Waals surface area contributed by atoms with Gasteiger partial charge in [0, 0.05) is 10.4 Å². The van der Waals surface area contributed by atoms with E-state index in [0.29, 0.717) is 17.0 Å². The van der Waals surface area contributed by atoms with Gasteiger partial charge in [-0.1, -0.05) is 0 Å². The third-order valence-corrected chi connectivity index (χ3v) is 4.47. The zero-order valence-corrected chi connectivity index (χ0v) is 11.5. The summed E-state index contributed by atoms with van der Waals surface area (Å²) in [4.78, 5) is 23.5. The molecule has 100 valence electrons. The molecule has 0 spiro atoms. The molecule has 1 heterocycles. The summed E-state index contributed by atoms with van der Waals surface area (Å²) in [5.41, 5.74) is 0.835. The van der Waals surface area contributed by atoms with E-state index < -0.39 is 17.8 Å². The number of carbonyl (C=O) groups excluding carboxylic acids is 1. The normalized spacial score (nSPS) is 17.4. The van der Waals surface area contributed by atoms with E-state index in [1.54, 1.807) is 0 Å². The highest BCUT2D eigenvalue weighted by Crippen LogP contribution is 2.43. The van der Waals surface area contributed by atoms with Crippen molar-refractivity contribution in [3.63, 3.8) is 0 Å². The van der Waals surface area contributed by atoms with Crippen molar-refractivity contribution in [3.05, 3.63) is 16.0 Å². The zero-order chi connectivity index (χ0) is 14.0. The number of hydrogen-bond donors (Lipinski definition) is 2. The summed E-state index contributed by atoms with van der Waals surface area (Å²) in [5, 5.41) is 21.4. The van der Waals surface area contributed by atoms with Crippen LogP contribution >= 0.6 is 22.9 Å². The summed E-state index contributed by atoms with van der Waals surface area (Å²) in [7, 11) is 0. The Morgan fingerprint density at radius 2 is 2.32 bits per heavy atom. The Hall–Kier alpha value is -1.58. The molecule has 0 aliphatic heterocycles. The van der Waals surface area contributed by atoms with E-state index in [4.69, 9.17) is 11.6 Å². The van der Waals surface area contributed by atoms with Crippen LogP contribution in [0, 0.1) is 11.3 Å². The average molecular weight is 299 g/mol. The fraction of sp³-hybridized carbons (Fsp3) is 0.417. The lowest BCUT2D eigenvalue weighted by molar-refractivity contribution is -0.139. The molecule has 1 aliphatic rings. The molecule has 2 N–H and O–H groups in total. The van der Waals surface area contributed by atoms with Crippen LogP contribution in [-0.2, 0) is 16.0 Å². The minimum atomic E-state index is -0.925. The number of aliphatic carboxylic acids is 1. The van der Waals surface area contributed by atoms with Gasteiger partial charge >= 0.3 is 5.97 Å². The standard InChI is InChI=1S/C12H11ClN2O3S/c13-4-9(16)15-11-7(5-14)10-6(12(17)18)2-1-3-8(10)19-11/h6H,1-4H2,(H,15,16)(H,17,18). The largest absolute Gasteiger partial charge is 0.481 e. The number of anilines is 1. The molecule has 5 nitrogen and oxygen atoms in total. The van der Waals surface area contributed by atoms with Crippen LogP contribution in [0.15, 0.2) is 0 Å². The minimum absolute atomic E-state index is 0.199. The first-order chi connectivity index (χ1) is 9.08. The second kappa shape index (κ2) is 5.59. The number of hydrogen-bond acceptors (Lipinski definition) is 4. The highest BCUT2D eigenvalue weighted by atomic mass is 35.5. The van der Waals surface area contributed by atoms with Gasteiger partial charge in [0.1, 0.15) is 17.0 Å². The third kappa shape index (κ3) is 2.57. The van der Waals surface area contributed by atoms with Crippen molar-refractivity contribution in [2.75, 3.05) is 11.2 Å². The van der Waals surface area contributed by atoms with Gasteiger partial charge in [0.05, 0.1) is 11.5 Å². The first-order valence-electron chi connectivity index (χ1n) is 5.72. The highest BCUT2D eigenvalue weighted by molar-refractivity contribution is 7.16. The van der Waals surface area contributed by atoms with Gasteiger partial charge in [0.2, 0.25) is 5.91 Å². The summed E-state index contributed by atoms with van der Waals surface area (Å²) >= 11 is 6.69. The van der Waals surface area contributed by atoms with Crippen molar-refractivity contribution in [1.82, 2.24) is 0 Å². The van der Waals surface area contributed by atoms with Crippen LogP contribution in [-0.4, -0.2) is 22.9 Å². The maximum atomic E-state index is 11.3. The van der Waals surface area contributed by atoms with Gasteiger partial charge in [-0.15, -0.1) is 22.9 Å². The molecule has 0 saturated heterocycles. The van der Waals surface area contributed by atoms with E-state index in [1.165, 1.54) is 11.3 Å². The number of aryl methyl sites for hydroxylation is 1. The number of carboxylic acid groups (broad SMARTS) is 1. The summed E-state index contributed by atoms with van der Waals surface area (Å²) in [6, 6.07) is 2.01. The molecule has 2 rings (SSSR count). The van der Waals surface area contributed by atoms with Gasteiger partial charge in [-0.2, -0.15) is 5.26 Å². The van der Waals surface area contributed by atoms with Crippen molar-refractivity contribution in [2.24, 2.45) is 0 Å². The molecule has 1 unspecified atom stereocenters. The molecule has 1 aromatic rings. The topological polar surface area (TPSA) is 90.2 Å². The van der Waals surface area contributed by atoms with Crippen LogP contribution in [0.3, 0.4) is 0 Å². The number of fused-ring (bicyclic) bond motifs is 1. The summed E-state index contributed by atoms with van der Waals surface area (Å²) in [6.45, 7) is 0. The van der Waals surface area contributed by atoms with Crippen LogP contribution in [0.25, 0.3) is 0 Å². The van der Waals surface area contributed by atoms with Crippen LogP contribution in [0.1, 0.15) is 34.8 Å². The fourth-order valence-corrected chi connectivity index (χ4v) is 3.60. The van der Waals surface area contributed by atoms with Gasteiger partial charge in [0.15, 0.2) is 0 Å². The summed E-state index contributed by atoms with van der Waals surface area (Å²) < 4.78 is 0. The Labute approximate surface area is 118 Å². The molecule has 0 fully saturated rings. The Balaban J connectivity index is 2.47. The maximum Gasteiger partial charge on any atom is 0.311 e. The fourth-order valence-electron chi connectivity index (χ4n) is 2.26. The number of nitrogens with one attached hydrogen (secondary N) is 1. The van der Waals surface area contributed by atoms with Crippen molar-refractivity contribution in [3.8, 4) is 6.07 Å². The number of halogens is 1. The lowest BCUT2D eigenvalue weighted by Crippen LogP contribution is -2.18. The number of carbonyl (C=O) groups is 2. The van der Waals surface area contributed by atoms with Gasteiger partial charge in [-0.25, -0.2) is 0 Å². The summed E-state index contributed by atoms with van der Waals surface area (Å²) in [5.74, 6) is -2.18. The lowest BCUT2D eigenvalue weighted by atomic mass is 9.85. The van der Waals surface area contributed by atoms with E-state index >= 15 is 0 Å². The van der Waals surface area contributed by atoms with Crippen molar-refractivity contribution in [1.29, 1.82) is 5.26 Å². The first-order valence-corrected chi connectivity index (χ1v) is 7.07.